The number of hydrogen-bond donors (Lipinski definition) is 1. The Morgan fingerprint density at radius 2 is 2.07 bits per heavy atom. The summed E-state index contributed by atoms with van der Waals surface area (Å²) in [4.78, 5) is 27.5. The Labute approximate surface area is 176 Å². The van der Waals surface area contributed by atoms with Gasteiger partial charge in [0, 0.05) is 19.4 Å². The number of amides is 2. The fraction of sp³-hybridized carbons (Fsp3) is 0.409. The molecular weight excluding hydrogens is 384 g/mol. The predicted molar refractivity (Wildman–Crippen MR) is 118 cm³/mol. The number of anilines is 1. The molecule has 0 spiro atoms. The molecule has 0 bridgehead atoms. The number of hydrazone groups is 1. The van der Waals surface area contributed by atoms with Crippen LogP contribution in [0.4, 0.5) is 5.69 Å². The summed E-state index contributed by atoms with van der Waals surface area (Å²) >= 11 is 1.66. The van der Waals surface area contributed by atoms with Crippen LogP contribution in [0.25, 0.3) is 0 Å². The molecule has 2 heterocycles. The standard InChI is InChI=1S/C22H28N4O2S/c1-4-25(5-2)20(17-11-12-29-15-17)14-23-22(28)19-9-10-21(27)26(24-19)18-8-6-7-16(3)13-18/h6-8,11-13,15,20H,4-5,9-10,14H2,1-3H3,(H,23,28)/t20-/m1/s1. The molecule has 0 unspecified atom stereocenters. The van der Waals surface area contributed by atoms with Crippen LogP contribution in [0.5, 0.6) is 0 Å². The van der Waals surface area contributed by atoms with Crippen molar-refractivity contribution in [2.75, 3.05) is 24.6 Å². The third-order valence-corrected chi connectivity index (χ3v) is 5.88. The molecule has 0 fully saturated rings. The fourth-order valence-corrected chi connectivity index (χ4v) is 4.26. The first-order valence-electron chi connectivity index (χ1n) is 10.0. The van der Waals surface area contributed by atoms with Gasteiger partial charge < -0.3 is 5.32 Å². The fourth-order valence-electron chi connectivity index (χ4n) is 3.56. The van der Waals surface area contributed by atoms with E-state index in [-0.39, 0.29) is 24.3 Å². The van der Waals surface area contributed by atoms with Crippen LogP contribution in [0, 0.1) is 6.92 Å². The van der Waals surface area contributed by atoms with Gasteiger partial charge in [-0.25, -0.2) is 5.01 Å². The monoisotopic (exact) mass is 412 g/mol. The van der Waals surface area contributed by atoms with Crippen molar-refractivity contribution in [1.29, 1.82) is 0 Å². The third-order valence-electron chi connectivity index (χ3n) is 5.18. The van der Waals surface area contributed by atoms with Gasteiger partial charge in [-0.15, -0.1) is 0 Å². The van der Waals surface area contributed by atoms with E-state index in [4.69, 9.17) is 0 Å². The maximum atomic E-state index is 12.8. The van der Waals surface area contributed by atoms with E-state index in [0.717, 1.165) is 18.7 Å². The van der Waals surface area contributed by atoms with Crippen molar-refractivity contribution in [1.82, 2.24) is 10.2 Å². The summed E-state index contributed by atoms with van der Waals surface area (Å²) < 4.78 is 0. The molecule has 6 nitrogen and oxygen atoms in total. The van der Waals surface area contributed by atoms with Crippen LogP contribution in [0.2, 0.25) is 0 Å². The summed E-state index contributed by atoms with van der Waals surface area (Å²) in [6, 6.07) is 9.82. The highest BCUT2D eigenvalue weighted by Crippen LogP contribution is 2.23. The van der Waals surface area contributed by atoms with Crippen molar-refractivity contribution >= 4 is 34.6 Å². The average molecular weight is 413 g/mol. The van der Waals surface area contributed by atoms with E-state index in [1.54, 1.807) is 11.3 Å². The molecule has 1 aliphatic rings. The Bertz CT molecular complexity index is 875. The summed E-state index contributed by atoms with van der Waals surface area (Å²) in [6.07, 6.45) is 0.644. The molecule has 2 amide bonds. The lowest BCUT2D eigenvalue weighted by Gasteiger charge is -2.30. The van der Waals surface area contributed by atoms with Crippen LogP contribution >= 0.6 is 11.3 Å². The number of nitrogens with one attached hydrogen (secondary N) is 1. The number of thiophene rings is 1. The number of carbonyl (C=O) groups is 2. The molecule has 1 atom stereocenters. The summed E-state index contributed by atoms with van der Waals surface area (Å²) in [6.45, 7) is 8.54. The molecule has 0 saturated heterocycles. The number of benzene rings is 1. The molecule has 1 aromatic carbocycles. The first-order chi connectivity index (χ1) is 14.0. The van der Waals surface area contributed by atoms with Gasteiger partial charge in [-0.2, -0.15) is 16.4 Å². The summed E-state index contributed by atoms with van der Waals surface area (Å²) in [7, 11) is 0. The Kier molecular flexibility index (Phi) is 7.17. The van der Waals surface area contributed by atoms with Crippen LogP contribution in [0.1, 0.15) is 43.9 Å². The Morgan fingerprint density at radius 3 is 2.72 bits per heavy atom. The summed E-state index contributed by atoms with van der Waals surface area (Å²) in [5, 5.41) is 13.0. The van der Waals surface area contributed by atoms with Gasteiger partial charge in [0.15, 0.2) is 0 Å². The second-order valence-corrected chi connectivity index (χ2v) is 7.87. The molecule has 0 radical (unpaired) electrons. The summed E-state index contributed by atoms with van der Waals surface area (Å²) in [5.74, 6) is -0.297. The smallest absolute Gasteiger partial charge is 0.267 e. The van der Waals surface area contributed by atoms with Crippen LogP contribution in [0.15, 0.2) is 46.2 Å². The molecule has 1 aromatic heterocycles. The number of rotatable bonds is 8. The minimum atomic E-state index is -0.206. The predicted octanol–water partition coefficient (Wildman–Crippen LogP) is 3.74. The highest BCUT2D eigenvalue weighted by molar-refractivity contribution is 7.08. The number of aryl methyl sites for hydroxylation is 1. The molecule has 1 aliphatic heterocycles. The lowest BCUT2D eigenvalue weighted by molar-refractivity contribution is -0.119. The molecule has 1 N–H and O–H groups in total. The quantitative estimate of drug-likeness (QED) is 0.718. The van der Waals surface area contributed by atoms with Crippen molar-refractivity contribution in [3.63, 3.8) is 0 Å². The Morgan fingerprint density at radius 1 is 1.28 bits per heavy atom. The molecule has 7 heteroatoms. The molecule has 29 heavy (non-hydrogen) atoms. The van der Waals surface area contributed by atoms with Gasteiger partial charge in [0.1, 0.15) is 5.71 Å². The Hall–Kier alpha value is -2.51. The molecule has 0 saturated carbocycles. The number of nitrogens with zero attached hydrogens (tertiary/aromatic N) is 3. The zero-order valence-corrected chi connectivity index (χ0v) is 18.0. The highest BCUT2D eigenvalue weighted by Gasteiger charge is 2.27. The molecule has 3 rings (SSSR count). The first-order valence-corrected chi connectivity index (χ1v) is 11.0. The van der Waals surface area contributed by atoms with E-state index in [9.17, 15) is 9.59 Å². The van der Waals surface area contributed by atoms with Gasteiger partial charge in [-0.1, -0.05) is 26.0 Å². The van der Waals surface area contributed by atoms with Crippen molar-refractivity contribution in [2.24, 2.45) is 5.10 Å². The highest BCUT2D eigenvalue weighted by atomic mass is 32.1. The van der Waals surface area contributed by atoms with Gasteiger partial charge in [0.05, 0.1) is 11.7 Å². The number of hydrogen-bond acceptors (Lipinski definition) is 5. The lowest BCUT2D eigenvalue weighted by atomic mass is 10.1. The van der Waals surface area contributed by atoms with E-state index < -0.39 is 0 Å². The number of carbonyl (C=O) groups excluding carboxylic acids is 2. The maximum Gasteiger partial charge on any atom is 0.267 e. The molecular formula is C22H28N4O2S. The van der Waals surface area contributed by atoms with Gasteiger partial charge >= 0.3 is 0 Å². The van der Waals surface area contributed by atoms with Crippen molar-refractivity contribution < 1.29 is 9.59 Å². The van der Waals surface area contributed by atoms with Gasteiger partial charge in [-0.3, -0.25) is 14.5 Å². The zero-order chi connectivity index (χ0) is 20.8. The van der Waals surface area contributed by atoms with E-state index in [1.165, 1.54) is 10.6 Å². The van der Waals surface area contributed by atoms with Crippen LogP contribution in [-0.4, -0.2) is 42.1 Å². The van der Waals surface area contributed by atoms with E-state index >= 15 is 0 Å². The third kappa shape index (κ3) is 5.10. The normalized spacial score (nSPS) is 15.4. The zero-order valence-electron chi connectivity index (χ0n) is 17.2. The van der Waals surface area contributed by atoms with Gasteiger partial charge in [-0.05, 0) is 60.1 Å². The lowest BCUT2D eigenvalue weighted by Crippen LogP contribution is -2.43. The topological polar surface area (TPSA) is 65.0 Å². The molecule has 0 aliphatic carbocycles. The maximum absolute atomic E-state index is 12.8. The SMILES string of the molecule is CCN(CC)[C@H](CNC(=O)C1=NN(c2cccc(C)c2)C(=O)CC1)c1ccsc1. The van der Waals surface area contributed by atoms with Crippen LogP contribution in [0.3, 0.4) is 0 Å². The van der Waals surface area contributed by atoms with Crippen LogP contribution in [-0.2, 0) is 9.59 Å². The van der Waals surface area contributed by atoms with E-state index in [2.05, 4.69) is 46.0 Å². The summed E-state index contributed by atoms with van der Waals surface area (Å²) in [5.41, 5.74) is 3.34. The van der Waals surface area contributed by atoms with Crippen molar-refractivity contribution in [3.8, 4) is 0 Å². The second kappa shape index (κ2) is 9.80. The minimum Gasteiger partial charge on any atom is -0.349 e. The van der Waals surface area contributed by atoms with Crippen LogP contribution < -0.4 is 10.3 Å². The second-order valence-electron chi connectivity index (χ2n) is 7.09. The van der Waals surface area contributed by atoms with Gasteiger partial charge in [0.2, 0.25) is 5.91 Å². The largest absolute Gasteiger partial charge is 0.349 e. The van der Waals surface area contributed by atoms with Crippen molar-refractivity contribution in [3.05, 3.63) is 52.2 Å². The van der Waals surface area contributed by atoms with Crippen molar-refractivity contribution in [2.45, 2.75) is 39.7 Å². The minimum absolute atomic E-state index is 0.0913. The molecule has 154 valence electrons. The van der Waals surface area contributed by atoms with E-state index in [0.29, 0.717) is 24.4 Å². The number of likely N-dealkylation sites (N-methyl/N-ethyl adjacent to an activating group) is 1. The van der Waals surface area contributed by atoms with E-state index in [1.807, 2.05) is 31.2 Å². The molecule has 2 aromatic rings. The average Bonchev–Trinajstić information content (AvgIpc) is 3.25. The van der Waals surface area contributed by atoms with Gasteiger partial charge in [0.25, 0.3) is 5.91 Å². The first kappa shape index (κ1) is 21.2. The Balaban J connectivity index is 1.73.